The third kappa shape index (κ3) is 3.65. The third-order valence-corrected chi connectivity index (χ3v) is 5.11. The van der Waals surface area contributed by atoms with E-state index in [0.717, 1.165) is 33.6 Å². The van der Waals surface area contributed by atoms with Crippen LogP contribution in [0, 0.1) is 0 Å². The average molecular weight is 405 g/mol. The first-order valence-electron chi connectivity index (χ1n) is 9.89. The van der Waals surface area contributed by atoms with Crippen molar-refractivity contribution in [2.75, 3.05) is 0 Å². The van der Waals surface area contributed by atoms with E-state index < -0.39 is 0 Å². The first-order valence-corrected chi connectivity index (χ1v) is 9.89. The quantitative estimate of drug-likeness (QED) is 0.377. The van der Waals surface area contributed by atoms with Crippen LogP contribution in [-0.4, -0.2) is 25.0 Å². The zero-order valence-corrected chi connectivity index (χ0v) is 16.6. The van der Waals surface area contributed by atoms with E-state index >= 15 is 0 Å². The van der Waals surface area contributed by atoms with Crippen molar-refractivity contribution < 1.29 is 10.2 Å². The Bertz CT molecular complexity index is 1350. The van der Waals surface area contributed by atoms with Gasteiger partial charge in [0, 0.05) is 17.3 Å². The van der Waals surface area contributed by atoms with Crippen LogP contribution in [0.25, 0.3) is 39.5 Å². The number of nitrogens with zero attached hydrogens (tertiary/aromatic N) is 3. The van der Waals surface area contributed by atoms with Crippen LogP contribution in [0.4, 0.5) is 0 Å². The highest BCUT2D eigenvalue weighted by atomic mass is 16.3. The SMILES string of the molecule is Oc1ccc(-c2cc(-c3cccc(-c4ccccc4)c3)nn2-c2ccccn2)cc1O. The molecule has 0 aliphatic carbocycles. The summed E-state index contributed by atoms with van der Waals surface area (Å²) in [5, 5.41) is 24.6. The molecule has 5 nitrogen and oxygen atoms in total. The molecule has 0 amide bonds. The number of rotatable bonds is 4. The smallest absolute Gasteiger partial charge is 0.158 e. The van der Waals surface area contributed by atoms with E-state index in [-0.39, 0.29) is 11.5 Å². The van der Waals surface area contributed by atoms with Crippen LogP contribution in [0.15, 0.2) is 103 Å². The van der Waals surface area contributed by atoms with Crippen molar-refractivity contribution in [2.45, 2.75) is 0 Å². The molecule has 0 bridgehead atoms. The van der Waals surface area contributed by atoms with Gasteiger partial charge >= 0.3 is 0 Å². The average Bonchev–Trinajstić information content (AvgIpc) is 3.28. The van der Waals surface area contributed by atoms with Crippen molar-refractivity contribution in [1.82, 2.24) is 14.8 Å². The lowest BCUT2D eigenvalue weighted by Gasteiger charge is -2.07. The van der Waals surface area contributed by atoms with E-state index in [1.54, 1.807) is 16.9 Å². The third-order valence-electron chi connectivity index (χ3n) is 5.11. The molecule has 5 heteroatoms. The van der Waals surface area contributed by atoms with E-state index in [2.05, 4.69) is 29.2 Å². The minimum atomic E-state index is -0.182. The highest BCUT2D eigenvalue weighted by Crippen LogP contribution is 2.34. The molecule has 2 N–H and O–H groups in total. The molecular weight excluding hydrogens is 386 g/mol. The van der Waals surface area contributed by atoms with Gasteiger partial charge in [0.25, 0.3) is 0 Å². The van der Waals surface area contributed by atoms with Gasteiger partial charge in [-0.2, -0.15) is 5.10 Å². The van der Waals surface area contributed by atoms with E-state index in [4.69, 9.17) is 5.10 Å². The number of aromatic nitrogens is 3. The number of aromatic hydroxyl groups is 2. The number of benzene rings is 3. The molecule has 2 heterocycles. The fraction of sp³-hybridized carbons (Fsp3) is 0. The molecule has 150 valence electrons. The van der Waals surface area contributed by atoms with Gasteiger partial charge in [-0.25, -0.2) is 9.67 Å². The monoisotopic (exact) mass is 405 g/mol. The fourth-order valence-electron chi connectivity index (χ4n) is 3.55. The van der Waals surface area contributed by atoms with Crippen LogP contribution in [0.3, 0.4) is 0 Å². The Labute approximate surface area is 179 Å². The molecule has 0 unspecified atom stereocenters. The Balaban J connectivity index is 1.66. The summed E-state index contributed by atoms with van der Waals surface area (Å²) in [4.78, 5) is 4.44. The maximum absolute atomic E-state index is 10.0. The first-order chi connectivity index (χ1) is 15.2. The molecule has 31 heavy (non-hydrogen) atoms. The second-order valence-electron chi connectivity index (χ2n) is 7.16. The van der Waals surface area contributed by atoms with Crippen LogP contribution < -0.4 is 0 Å². The summed E-state index contributed by atoms with van der Waals surface area (Å²) in [6.07, 6.45) is 1.71. The van der Waals surface area contributed by atoms with Gasteiger partial charge in [-0.15, -0.1) is 0 Å². The van der Waals surface area contributed by atoms with E-state index in [1.807, 2.05) is 54.6 Å². The second kappa shape index (κ2) is 7.80. The van der Waals surface area contributed by atoms with Crippen LogP contribution in [0.5, 0.6) is 11.5 Å². The number of hydrogen-bond donors (Lipinski definition) is 2. The predicted molar refractivity (Wildman–Crippen MR) is 121 cm³/mol. The topological polar surface area (TPSA) is 71.2 Å². The second-order valence-corrected chi connectivity index (χ2v) is 7.16. The van der Waals surface area contributed by atoms with Crippen molar-refractivity contribution in [3.05, 3.63) is 103 Å². The van der Waals surface area contributed by atoms with Crippen molar-refractivity contribution in [1.29, 1.82) is 0 Å². The molecule has 0 aliphatic heterocycles. The Kier molecular flexibility index (Phi) is 4.69. The maximum atomic E-state index is 10.0. The number of pyridine rings is 1. The van der Waals surface area contributed by atoms with E-state index in [0.29, 0.717) is 5.82 Å². The van der Waals surface area contributed by atoms with E-state index in [1.165, 1.54) is 12.1 Å². The minimum absolute atomic E-state index is 0.163. The summed E-state index contributed by atoms with van der Waals surface area (Å²) in [5.74, 6) is 0.317. The largest absolute Gasteiger partial charge is 0.504 e. The van der Waals surface area contributed by atoms with Gasteiger partial charge in [0.1, 0.15) is 0 Å². The summed E-state index contributed by atoms with van der Waals surface area (Å²) in [6, 6.07) is 30.8. The van der Waals surface area contributed by atoms with Crippen molar-refractivity contribution in [3.8, 4) is 51.0 Å². The molecular formula is C26H19N3O2. The zero-order valence-electron chi connectivity index (χ0n) is 16.6. The molecule has 0 radical (unpaired) electrons. The normalized spacial score (nSPS) is 10.8. The van der Waals surface area contributed by atoms with Gasteiger partial charge in [0.2, 0.25) is 0 Å². The van der Waals surface area contributed by atoms with Crippen LogP contribution in [0.2, 0.25) is 0 Å². The van der Waals surface area contributed by atoms with Gasteiger partial charge in [-0.3, -0.25) is 0 Å². The van der Waals surface area contributed by atoms with Gasteiger partial charge < -0.3 is 10.2 Å². The number of hydrogen-bond acceptors (Lipinski definition) is 4. The van der Waals surface area contributed by atoms with Crippen LogP contribution in [-0.2, 0) is 0 Å². The van der Waals surface area contributed by atoms with Crippen LogP contribution in [0.1, 0.15) is 0 Å². The lowest BCUT2D eigenvalue weighted by atomic mass is 10.0. The summed E-state index contributed by atoms with van der Waals surface area (Å²) < 4.78 is 1.75. The van der Waals surface area contributed by atoms with Crippen molar-refractivity contribution in [2.24, 2.45) is 0 Å². The fourth-order valence-corrected chi connectivity index (χ4v) is 3.55. The van der Waals surface area contributed by atoms with Gasteiger partial charge in [0.05, 0.1) is 11.4 Å². The maximum Gasteiger partial charge on any atom is 0.158 e. The molecule has 0 aliphatic rings. The Morgan fingerprint density at radius 1 is 0.581 bits per heavy atom. The molecule has 0 atom stereocenters. The summed E-state index contributed by atoms with van der Waals surface area (Å²) in [5.41, 5.74) is 5.48. The number of phenols is 2. The molecule has 0 saturated heterocycles. The Hall–Kier alpha value is -4.38. The van der Waals surface area contributed by atoms with Crippen molar-refractivity contribution in [3.63, 3.8) is 0 Å². The molecule has 0 fully saturated rings. The van der Waals surface area contributed by atoms with Gasteiger partial charge in [-0.05, 0) is 53.6 Å². The summed E-state index contributed by atoms with van der Waals surface area (Å²) >= 11 is 0. The molecule has 5 aromatic rings. The highest BCUT2D eigenvalue weighted by molar-refractivity contribution is 5.75. The van der Waals surface area contributed by atoms with Crippen LogP contribution >= 0.6 is 0 Å². The predicted octanol–water partition coefficient (Wildman–Crippen LogP) is 5.68. The standard InChI is InChI=1S/C26H19N3O2/c30-24-13-12-21(16-25(24)31)23-17-22(28-29(23)26-11-4-5-14-27-26)20-10-6-9-19(15-20)18-7-2-1-3-8-18/h1-17,30-31H. The van der Waals surface area contributed by atoms with Gasteiger partial charge in [-0.1, -0.05) is 54.6 Å². The minimum Gasteiger partial charge on any atom is -0.504 e. The highest BCUT2D eigenvalue weighted by Gasteiger charge is 2.15. The Morgan fingerprint density at radius 3 is 2.13 bits per heavy atom. The zero-order chi connectivity index (χ0) is 21.2. The molecule has 3 aromatic carbocycles. The Morgan fingerprint density at radius 2 is 1.35 bits per heavy atom. The lowest BCUT2D eigenvalue weighted by molar-refractivity contribution is 0.404. The molecule has 5 rings (SSSR count). The lowest BCUT2D eigenvalue weighted by Crippen LogP contribution is -2.01. The molecule has 0 spiro atoms. The van der Waals surface area contributed by atoms with E-state index in [9.17, 15) is 10.2 Å². The summed E-state index contributed by atoms with van der Waals surface area (Å²) in [7, 11) is 0. The van der Waals surface area contributed by atoms with Crippen molar-refractivity contribution >= 4 is 0 Å². The molecule has 2 aromatic heterocycles. The van der Waals surface area contributed by atoms with Gasteiger partial charge in [0.15, 0.2) is 17.3 Å². The summed E-state index contributed by atoms with van der Waals surface area (Å²) in [6.45, 7) is 0. The molecule has 0 saturated carbocycles. The number of phenolic OH excluding ortho intramolecular Hbond substituents is 2. The first kappa shape index (κ1) is 18.6.